The summed E-state index contributed by atoms with van der Waals surface area (Å²) < 4.78 is 27.8. The van der Waals surface area contributed by atoms with Gasteiger partial charge in [-0.3, -0.25) is 4.79 Å². The largest absolute Gasteiger partial charge is 0.274 e. The quantitative estimate of drug-likeness (QED) is 0.880. The Bertz CT molecular complexity index is 861. The van der Waals surface area contributed by atoms with Crippen LogP contribution in [0, 0.1) is 27.7 Å². The van der Waals surface area contributed by atoms with E-state index >= 15 is 0 Å². The Morgan fingerprint density at radius 2 is 1.52 bits per heavy atom. The molecule has 2 aromatic carbocycles. The van der Waals surface area contributed by atoms with Crippen LogP contribution in [0.25, 0.3) is 0 Å². The maximum atomic E-state index is 12.8. The summed E-state index contributed by atoms with van der Waals surface area (Å²) in [6.07, 6.45) is 0.117. The summed E-state index contributed by atoms with van der Waals surface area (Å²) in [6, 6.07) is 11.6. The Labute approximate surface area is 150 Å². The van der Waals surface area contributed by atoms with Gasteiger partial charge < -0.3 is 0 Å². The van der Waals surface area contributed by atoms with Crippen LogP contribution < -0.4 is 4.72 Å². The Hall–Kier alpha value is -2.14. The summed E-state index contributed by atoms with van der Waals surface area (Å²) in [7, 11) is -3.89. The first-order valence-electron chi connectivity index (χ1n) is 8.31. The fraction of sp³-hybridized carbons (Fsp3) is 0.350. The van der Waals surface area contributed by atoms with Crippen molar-refractivity contribution >= 4 is 15.9 Å². The van der Waals surface area contributed by atoms with E-state index in [0.29, 0.717) is 11.1 Å². The second-order valence-corrected chi connectivity index (χ2v) is 8.25. The molecule has 134 valence electrons. The normalized spacial score (nSPS) is 12.7. The molecule has 1 atom stereocenters. The van der Waals surface area contributed by atoms with E-state index in [1.54, 1.807) is 13.8 Å². The lowest BCUT2D eigenvalue weighted by Crippen LogP contribution is -2.32. The fourth-order valence-electron chi connectivity index (χ4n) is 3.00. The highest BCUT2D eigenvalue weighted by Gasteiger charge is 2.25. The summed E-state index contributed by atoms with van der Waals surface area (Å²) in [5.74, 6) is -0.549. The zero-order valence-electron chi connectivity index (χ0n) is 15.4. The van der Waals surface area contributed by atoms with Crippen LogP contribution in [0.15, 0.2) is 41.3 Å². The first-order valence-corrected chi connectivity index (χ1v) is 9.79. The number of sulfonamides is 1. The van der Waals surface area contributed by atoms with Crippen molar-refractivity contribution in [2.24, 2.45) is 0 Å². The van der Waals surface area contributed by atoms with Crippen molar-refractivity contribution in [1.29, 1.82) is 0 Å². The molecule has 1 N–H and O–H groups in total. The zero-order valence-corrected chi connectivity index (χ0v) is 16.2. The van der Waals surface area contributed by atoms with E-state index in [2.05, 4.69) is 4.72 Å². The van der Waals surface area contributed by atoms with Gasteiger partial charge in [0.25, 0.3) is 10.0 Å². The Balaban J connectivity index is 2.23. The highest BCUT2D eigenvalue weighted by molar-refractivity contribution is 7.90. The molecule has 0 saturated heterocycles. The monoisotopic (exact) mass is 359 g/mol. The minimum atomic E-state index is -3.89. The van der Waals surface area contributed by atoms with Gasteiger partial charge in [0.15, 0.2) is 0 Å². The van der Waals surface area contributed by atoms with E-state index in [-0.39, 0.29) is 17.2 Å². The van der Waals surface area contributed by atoms with E-state index in [1.165, 1.54) is 0 Å². The number of aryl methyl sites for hydroxylation is 2. The average Bonchev–Trinajstić information content (AvgIpc) is 2.53. The predicted molar refractivity (Wildman–Crippen MR) is 100 cm³/mol. The van der Waals surface area contributed by atoms with Gasteiger partial charge in [-0.1, -0.05) is 43.3 Å². The van der Waals surface area contributed by atoms with Gasteiger partial charge in [0, 0.05) is 6.42 Å². The molecule has 2 aromatic rings. The van der Waals surface area contributed by atoms with Crippen LogP contribution in [0.2, 0.25) is 0 Å². The third-order valence-corrected chi connectivity index (χ3v) is 6.32. The lowest BCUT2D eigenvalue weighted by molar-refractivity contribution is -0.119. The van der Waals surface area contributed by atoms with Crippen LogP contribution in [0.3, 0.4) is 0 Å². The van der Waals surface area contributed by atoms with E-state index in [0.717, 1.165) is 16.7 Å². The molecule has 0 radical (unpaired) electrons. The number of carbonyl (C=O) groups is 1. The first-order chi connectivity index (χ1) is 11.6. The van der Waals surface area contributed by atoms with Gasteiger partial charge in [0.2, 0.25) is 5.91 Å². The molecule has 2 rings (SSSR count). The third kappa shape index (κ3) is 4.28. The first kappa shape index (κ1) is 19.2. The minimum absolute atomic E-state index is 0.0576. The van der Waals surface area contributed by atoms with Gasteiger partial charge in [0.05, 0.1) is 4.90 Å². The molecule has 0 bridgehead atoms. The number of rotatable bonds is 5. The van der Waals surface area contributed by atoms with Gasteiger partial charge in [-0.15, -0.1) is 0 Å². The SMILES string of the molecule is Cc1cc(C)c(C)c(S(=O)(=O)NC(=O)CC(C)c2ccccc2)c1C. The summed E-state index contributed by atoms with van der Waals surface area (Å²) in [5, 5.41) is 0. The molecular weight excluding hydrogens is 334 g/mol. The summed E-state index contributed by atoms with van der Waals surface area (Å²) in [5.41, 5.74) is 4.16. The van der Waals surface area contributed by atoms with E-state index < -0.39 is 15.9 Å². The van der Waals surface area contributed by atoms with Crippen molar-refractivity contribution < 1.29 is 13.2 Å². The number of hydrogen-bond acceptors (Lipinski definition) is 3. The zero-order chi connectivity index (χ0) is 18.8. The number of amides is 1. The Morgan fingerprint density at radius 3 is 2.04 bits per heavy atom. The number of hydrogen-bond donors (Lipinski definition) is 1. The van der Waals surface area contributed by atoms with E-state index in [9.17, 15) is 13.2 Å². The molecule has 1 amide bonds. The van der Waals surface area contributed by atoms with Crippen LogP contribution >= 0.6 is 0 Å². The second kappa shape index (κ2) is 7.40. The van der Waals surface area contributed by atoms with Crippen molar-refractivity contribution in [3.8, 4) is 0 Å². The average molecular weight is 359 g/mol. The van der Waals surface area contributed by atoms with Crippen molar-refractivity contribution in [2.45, 2.75) is 51.9 Å². The molecule has 0 fully saturated rings. The molecule has 0 heterocycles. The molecule has 0 aromatic heterocycles. The Morgan fingerprint density at radius 1 is 1.00 bits per heavy atom. The molecule has 0 aliphatic heterocycles. The van der Waals surface area contributed by atoms with Crippen molar-refractivity contribution in [3.63, 3.8) is 0 Å². The Kier molecular flexibility index (Phi) is 5.68. The summed E-state index contributed by atoms with van der Waals surface area (Å²) >= 11 is 0. The van der Waals surface area contributed by atoms with Gasteiger partial charge in [-0.25, -0.2) is 13.1 Å². The number of nitrogens with one attached hydrogen (secondary N) is 1. The maximum absolute atomic E-state index is 12.8. The molecule has 5 heteroatoms. The van der Waals surface area contributed by atoms with E-state index in [4.69, 9.17) is 0 Å². The maximum Gasteiger partial charge on any atom is 0.264 e. The van der Waals surface area contributed by atoms with Gasteiger partial charge in [0.1, 0.15) is 0 Å². The molecule has 0 aliphatic rings. The third-order valence-electron chi connectivity index (χ3n) is 4.67. The van der Waals surface area contributed by atoms with Crippen LogP contribution in [-0.4, -0.2) is 14.3 Å². The molecule has 25 heavy (non-hydrogen) atoms. The summed E-state index contributed by atoms with van der Waals surface area (Å²) in [6.45, 7) is 9.20. The topological polar surface area (TPSA) is 63.2 Å². The van der Waals surface area contributed by atoms with Crippen molar-refractivity contribution in [3.05, 3.63) is 64.2 Å². The molecule has 0 aliphatic carbocycles. The highest BCUT2D eigenvalue weighted by atomic mass is 32.2. The molecular formula is C20H25NO3S. The standard InChI is InChI=1S/C20H25NO3S/c1-13-11-14(2)17(5)20(16(13)4)25(23,24)21-19(22)12-15(3)18-9-7-6-8-10-18/h6-11,15H,12H2,1-5H3,(H,21,22). The summed E-state index contributed by atoms with van der Waals surface area (Å²) in [4.78, 5) is 12.5. The molecule has 4 nitrogen and oxygen atoms in total. The van der Waals surface area contributed by atoms with Gasteiger partial charge >= 0.3 is 0 Å². The van der Waals surface area contributed by atoms with Crippen molar-refractivity contribution in [1.82, 2.24) is 4.72 Å². The van der Waals surface area contributed by atoms with Gasteiger partial charge in [-0.05, 0) is 61.4 Å². The number of benzene rings is 2. The molecule has 0 spiro atoms. The molecule has 0 saturated carbocycles. The van der Waals surface area contributed by atoms with E-state index in [1.807, 2.05) is 57.2 Å². The minimum Gasteiger partial charge on any atom is -0.274 e. The van der Waals surface area contributed by atoms with Crippen molar-refractivity contribution in [2.75, 3.05) is 0 Å². The van der Waals surface area contributed by atoms with Crippen LogP contribution in [0.5, 0.6) is 0 Å². The highest BCUT2D eigenvalue weighted by Crippen LogP contribution is 2.26. The van der Waals surface area contributed by atoms with Crippen LogP contribution in [0.1, 0.15) is 47.1 Å². The van der Waals surface area contributed by atoms with Crippen LogP contribution in [0.4, 0.5) is 0 Å². The van der Waals surface area contributed by atoms with Gasteiger partial charge in [-0.2, -0.15) is 0 Å². The van der Waals surface area contributed by atoms with Crippen LogP contribution in [-0.2, 0) is 14.8 Å². The second-order valence-electron chi connectivity index (χ2n) is 6.63. The predicted octanol–water partition coefficient (Wildman–Crippen LogP) is 3.92. The molecule has 1 unspecified atom stereocenters. The smallest absolute Gasteiger partial charge is 0.264 e. The lowest BCUT2D eigenvalue weighted by Gasteiger charge is -2.17. The number of carbonyl (C=O) groups excluding carboxylic acids is 1. The lowest BCUT2D eigenvalue weighted by atomic mass is 9.98. The fourth-order valence-corrected chi connectivity index (χ4v) is 4.62.